The topological polar surface area (TPSA) is 79.5 Å². The molecule has 2 amide bonds. The van der Waals surface area contributed by atoms with E-state index in [0.717, 1.165) is 32.4 Å². The Kier molecular flexibility index (Phi) is 6.19. The maximum Gasteiger partial charge on any atom is 0.256 e. The van der Waals surface area contributed by atoms with E-state index in [0.29, 0.717) is 29.6 Å². The Labute approximate surface area is 159 Å². The number of nitrogens with two attached hydrogens (primary N) is 1. The zero-order valence-electron chi connectivity index (χ0n) is 15.6. The van der Waals surface area contributed by atoms with Crippen molar-refractivity contribution in [3.8, 4) is 0 Å². The van der Waals surface area contributed by atoms with E-state index in [-0.39, 0.29) is 23.1 Å². The molecule has 3 heterocycles. The van der Waals surface area contributed by atoms with Gasteiger partial charge in [-0.15, -0.1) is 0 Å². The summed E-state index contributed by atoms with van der Waals surface area (Å²) in [5.41, 5.74) is 6.38. The molecule has 0 aliphatic carbocycles. The van der Waals surface area contributed by atoms with Crippen LogP contribution < -0.4 is 5.73 Å². The van der Waals surface area contributed by atoms with Gasteiger partial charge in [0.1, 0.15) is 5.03 Å². The van der Waals surface area contributed by atoms with Gasteiger partial charge in [-0.25, -0.2) is 4.98 Å². The summed E-state index contributed by atoms with van der Waals surface area (Å²) in [6, 6.07) is 3.77. The summed E-state index contributed by atoms with van der Waals surface area (Å²) in [6.07, 6.45) is 4.77. The molecule has 0 radical (unpaired) electrons. The predicted molar refractivity (Wildman–Crippen MR) is 103 cm³/mol. The van der Waals surface area contributed by atoms with Crippen molar-refractivity contribution in [3.05, 3.63) is 23.9 Å². The van der Waals surface area contributed by atoms with Gasteiger partial charge in [-0.05, 0) is 57.7 Å². The van der Waals surface area contributed by atoms with Crippen molar-refractivity contribution < 1.29 is 9.59 Å². The van der Waals surface area contributed by atoms with Gasteiger partial charge in [-0.2, -0.15) is 0 Å². The first-order chi connectivity index (χ1) is 12.5. The third-order valence-corrected chi connectivity index (χ3v) is 6.41. The fourth-order valence-electron chi connectivity index (χ4n) is 3.81. The molecule has 26 heavy (non-hydrogen) atoms. The number of pyridine rings is 1. The van der Waals surface area contributed by atoms with Gasteiger partial charge in [-0.1, -0.05) is 11.8 Å². The third-order valence-electron chi connectivity index (χ3n) is 5.31. The molecule has 2 N–H and O–H groups in total. The summed E-state index contributed by atoms with van der Waals surface area (Å²) >= 11 is 1.39. The minimum absolute atomic E-state index is 0.00938. The van der Waals surface area contributed by atoms with Crippen LogP contribution in [0, 0.1) is 5.92 Å². The summed E-state index contributed by atoms with van der Waals surface area (Å²) in [5.74, 6) is 0.483. The lowest BCUT2D eigenvalue weighted by Gasteiger charge is -2.23. The lowest BCUT2D eigenvalue weighted by Crippen LogP contribution is -2.36. The van der Waals surface area contributed by atoms with Gasteiger partial charge in [0.05, 0.1) is 10.8 Å². The van der Waals surface area contributed by atoms with E-state index in [4.69, 9.17) is 5.73 Å². The number of hydrogen-bond donors (Lipinski definition) is 1. The van der Waals surface area contributed by atoms with Crippen LogP contribution in [0.1, 0.15) is 43.5 Å². The summed E-state index contributed by atoms with van der Waals surface area (Å²) in [4.78, 5) is 33.9. The standard InChI is InChI=1S/C19H28N4O2S/c1-13-10-15(11-20)12-23(13)19(25)16-6-5-7-21-17(16)26-14(2)18(24)22-8-3-4-9-22/h5-7,13-15H,3-4,8-12,20H2,1-2H3. The zero-order valence-corrected chi connectivity index (χ0v) is 16.4. The maximum atomic E-state index is 13.1. The van der Waals surface area contributed by atoms with Crippen LogP contribution in [0.2, 0.25) is 0 Å². The second-order valence-electron chi connectivity index (χ2n) is 7.29. The van der Waals surface area contributed by atoms with E-state index < -0.39 is 0 Å². The number of carbonyl (C=O) groups is 2. The van der Waals surface area contributed by atoms with E-state index in [1.807, 2.05) is 22.8 Å². The predicted octanol–water partition coefficient (Wildman–Crippen LogP) is 1.99. The quantitative estimate of drug-likeness (QED) is 0.795. The molecule has 0 aromatic carbocycles. The third kappa shape index (κ3) is 4.04. The van der Waals surface area contributed by atoms with Crippen LogP contribution >= 0.6 is 11.8 Å². The smallest absolute Gasteiger partial charge is 0.256 e. The van der Waals surface area contributed by atoms with Crippen LogP contribution in [0.5, 0.6) is 0 Å². The molecule has 7 heteroatoms. The number of thioether (sulfide) groups is 1. The Morgan fingerprint density at radius 2 is 2.12 bits per heavy atom. The highest BCUT2D eigenvalue weighted by Gasteiger charge is 2.34. The number of carbonyl (C=O) groups excluding carboxylic acids is 2. The molecule has 3 rings (SSSR count). The monoisotopic (exact) mass is 376 g/mol. The molecule has 1 aromatic heterocycles. The van der Waals surface area contributed by atoms with Crippen molar-refractivity contribution in [2.75, 3.05) is 26.2 Å². The number of aromatic nitrogens is 1. The van der Waals surface area contributed by atoms with E-state index in [2.05, 4.69) is 11.9 Å². The normalized spacial score (nSPS) is 24.1. The molecular formula is C19H28N4O2S. The number of rotatable bonds is 5. The van der Waals surface area contributed by atoms with Crippen LogP contribution in [0.3, 0.4) is 0 Å². The molecule has 0 spiro atoms. The molecule has 3 atom stereocenters. The second kappa shape index (κ2) is 8.39. The van der Waals surface area contributed by atoms with Crippen molar-refractivity contribution in [2.45, 2.75) is 49.4 Å². The lowest BCUT2D eigenvalue weighted by atomic mass is 10.1. The van der Waals surface area contributed by atoms with Gasteiger partial charge in [0, 0.05) is 31.9 Å². The molecule has 2 saturated heterocycles. The first-order valence-electron chi connectivity index (χ1n) is 9.42. The van der Waals surface area contributed by atoms with Crippen molar-refractivity contribution in [1.82, 2.24) is 14.8 Å². The Morgan fingerprint density at radius 1 is 1.38 bits per heavy atom. The van der Waals surface area contributed by atoms with Crippen molar-refractivity contribution in [1.29, 1.82) is 0 Å². The highest BCUT2D eigenvalue weighted by Crippen LogP contribution is 2.30. The first-order valence-corrected chi connectivity index (χ1v) is 10.3. The summed E-state index contributed by atoms with van der Waals surface area (Å²) < 4.78 is 0. The van der Waals surface area contributed by atoms with E-state index in [9.17, 15) is 9.59 Å². The van der Waals surface area contributed by atoms with Crippen LogP contribution in [0.4, 0.5) is 0 Å². The number of likely N-dealkylation sites (tertiary alicyclic amines) is 2. The Balaban J connectivity index is 1.73. The minimum atomic E-state index is -0.248. The van der Waals surface area contributed by atoms with Crippen LogP contribution in [0.15, 0.2) is 23.4 Å². The van der Waals surface area contributed by atoms with Crippen LogP contribution in [0.25, 0.3) is 0 Å². The minimum Gasteiger partial charge on any atom is -0.342 e. The van der Waals surface area contributed by atoms with Crippen molar-refractivity contribution >= 4 is 23.6 Å². The van der Waals surface area contributed by atoms with Gasteiger partial charge in [0.25, 0.3) is 5.91 Å². The zero-order chi connectivity index (χ0) is 18.7. The van der Waals surface area contributed by atoms with Crippen LogP contribution in [-0.4, -0.2) is 64.1 Å². The molecule has 0 bridgehead atoms. The maximum absolute atomic E-state index is 13.1. The van der Waals surface area contributed by atoms with Gasteiger partial charge < -0.3 is 15.5 Å². The number of nitrogens with zero attached hydrogens (tertiary/aromatic N) is 3. The average molecular weight is 377 g/mol. The molecule has 1 aromatic rings. The van der Waals surface area contributed by atoms with Crippen LogP contribution in [-0.2, 0) is 4.79 Å². The van der Waals surface area contributed by atoms with Crippen molar-refractivity contribution in [2.24, 2.45) is 11.7 Å². The largest absolute Gasteiger partial charge is 0.342 e. The SMILES string of the molecule is CC(Sc1ncccc1C(=O)N1CC(CN)CC1C)C(=O)N1CCCC1. The highest BCUT2D eigenvalue weighted by molar-refractivity contribution is 8.00. The summed E-state index contributed by atoms with van der Waals surface area (Å²) in [6.45, 7) is 6.93. The average Bonchev–Trinajstić information content (AvgIpc) is 3.30. The van der Waals surface area contributed by atoms with E-state index in [1.54, 1.807) is 12.3 Å². The molecular weight excluding hydrogens is 348 g/mol. The van der Waals surface area contributed by atoms with Gasteiger partial charge in [-0.3, -0.25) is 9.59 Å². The molecule has 3 unspecified atom stereocenters. The lowest BCUT2D eigenvalue weighted by molar-refractivity contribution is -0.129. The second-order valence-corrected chi connectivity index (χ2v) is 8.62. The van der Waals surface area contributed by atoms with Gasteiger partial charge in [0.2, 0.25) is 5.91 Å². The molecule has 0 saturated carbocycles. The van der Waals surface area contributed by atoms with E-state index >= 15 is 0 Å². The molecule has 2 aliphatic rings. The number of hydrogen-bond acceptors (Lipinski definition) is 5. The fraction of sp³-hybridized carbons (Fsp3) is 0.632. The first kappa shape index (κ1) is 19.2. The van der Waals surface area contributed by atoms with Gasteiger partial charge >= 0.3 is 0 Å². The summed E-state index contributed by atoms with van der Waals surface area (Å²) in [5, 5.41) is 0.392. The Bertz CT molecular complexity index is 663. The van der Waals surface area contributed by atoms with Crippen molar-refractivity contribution in [3.63, 3.8) is 0 Å². The highest BCUT2D eigenvalue weighted by atomic mass is 32.2. The molecule has 2 fully saturated rings. The number of amides is 2. The summed E-state index contributed by atoms with van der Waals surface area (Å²) in [7, 11) is 0. The Hall–Kier alpha value is -1.60. The van der Waals surface area contributed by atoms with Gasteiger partial charge in [0.15, 0.2) is 0 Å². The molecule has 6 nitrogen and oxygen atoms in total. The molecule has 142 valence electrons. The molecule has 2 aliphatic heterocycles. The Morgan fingerprint density at radius 3 is 2.77 bits per heavy atom. The fourth-order valence-corrected chi connectivity index (χ4v) is 4.80. The van der Waals surface area contributed by atoms with E-state index in [1.165, 1.54) is 11.8 Å².